The first-order valence-corrected chi connectivity index (χ1v) is 5.99. The van der Waals surface area contributed by atoms with Crippen molar-refractivity contribution >= 4 is 11.5 Å². The summed E-state index contributed by atoms with van der Waals surface area (Å²) in [5.41, 5.74) is 11.4. The second-order valence-electron chi connectivity index (χ2n) is 4.11. The number of rotatable bonds is 1. The molecule has 0 aromatic heterocycles. The Morgan fingerprint density at radius 3 is 2.61 bits per heavy atom. The third-order valence-electron chi connectivity index (χ3n) is 2.59. The summed E-state index contributed by atoms with van der Waals surface area (Å²) >= 11 is 0. The fourth-order valence-corrected chi connectivity index (χ4v) is 1.83. The highest BCUT2D eigenvalue weighted by molar-refractivity contribution is 5.82. The molecule has 2 rings (SSSR count). The van der Waals surface area contributed by atoms with Gasteiger partial charge in [-0.3, -0.25) is 4.99 Å². The van der Waals surface area contributed by atoms with Crippen molar-refractivity contribution in [2.45, 2.75) is 26.3 Å². The van der Waals surface area contributed by atoms with Crippen LogP contribution in [0.4, 0.5) is 10.1 Å². The molecule has 1 unspecified atom stereocenters. The van der Waals surface area contributed by atoms with E-state index in [1.165, 1.54) is 12.1 Å². The number of hydrogen-bond donors (Lipinski definition) is 2. The predicted molar refractivity (Wildman–Crippen MR) is 72.0 cm³/mol. The fraction of sp³-hybridized carbons (Fsp3) is 0.462. The molecule has 4 N–H and O–H groups in total. The van der Waals surface area contributed by atoms with Crippen LogP contribution in [0, 0.1) is 5.82 Å². The number of aliphatic imine (C=N–C) groups is 1. The Bertz CT molecular complexity index is 448. The Labute approximate surface area is 107 Å². The SMILES string of the molecule is CC.CC1(c2cc(N)ccc2F)COCC(N)=N1. The lowest BCUT2D eigenvalue weighted by Crippen LogP contribution is -2.38. The molecule has 0 spiro atoms. The minimum absolute atomic E-state index is 0.291. The first kappa shape index (κ1) is 14.4. The van der Waals surface area contributed by atoms with E-state index in [0.717, 1.165) is 0 Å². The maximum absolute atomic E-state index is 13.7. The van der Waals surface area contributed by atoms with Crippen LogP contribution in [0.2, 0.25) is 0 Å². The van der Waals surface area contributed by atoms with Crippen molar-refractivity contribution in [3.63, 3.8) is 0 Å². The second-order valence-corrected chi connectivity index (χ2v) is 4.11. The Morgan fingerprint density at radius 2 is 2.00 bits per heavy atom. The van der Waals surface area contributed by atoms with Crippen molar-refractivity contribution in [2.24, 2.45) is 10.7 Å². The molecule has 0 saturated carbocycles. The van der Waals surface area contributed by atoms with E-state index in [1.807, 2.05) is 13.8 Å². The van der Waals surface area contributed by atoms with Crippen LogP contribution in [0.25, 0.3) is 0 Å². The molecule has 0 bridgehead atoms. The van der Waals surface area contributed by atoms with Gasteiger partial charge in [0.1, 0.15) is 23.8 Å². The van der Waals surface area contributed by atoms with Gasteiger partial charge in [-0.2, -0.15) is 0 Å². The molecule has 1 aliphatic rings. The minimum Gasteiger partial charge on any atom is -0.399 e. The number of benzene rings is 1. The van der Waals surface area contributed by atoms with Crippen LogP contribution in [0.15, 0.2) is 23.2 Å². The zero-order valence-electron chi connectivity index (χ0n) is 11.0. The Kier molecular flexibility index (Phi) is 4.67. The van der Waals surface area contributed by atoms with E-state index in [4.69, 9.17) is 16.2 Å². The van der Waals surface area contributed by atoms with Gasteiger partial charge >= 0.3 is 0 Å². The van der Waals surface area contributed by atoms with Gasteiger partial charge in [-0.15, -0.1) is 0 Å². The van der Waals surface area contributed by atoms with Gasteiger partial charge in [0, 0.05) is 11.3 Å². The van der Waals surface area contributed by atoms with Crippen LogP contribution in [0.1, 0.15) is 26.3 Å². The molecule has 5 heteroatoms. The van der Waals surface area contributed by atoms with Gasteiger partial charge < -0.3 is 16.2 Å². The zero-order valence-corrected chi connectivity index (χ0v) is 11.0. The van der Waals surface area contributed by atoms with Gasteiger partial charge in [0.15, 0.2) is 0 Å². The van der Waals surface area contributed by atoms with Crippen LogP contribution in [0.5, 0.6) is 0 Å². The summed E-state index contributed by atoms with van der Waals surface area (Å²) < 4.78 is 19.0. The monoisotopic (exact) mass is 253 g/mol. The zero-order chi connectivity index (χ0) is 13.8. The Morgan fingerprint density at radius 1 is 1.33 bits per heavy atom. The van der Waals surface area contributed by atoms with Crippen molar-refractivity contribution in [2.75, 3.05) is 18.9 Å². The highest BCUT2D eigenvalue weighted by Crippen LogP contribution is 2.31. The van der Waals surface area contributed by atoms with E-state index >= 15 is 0 Å². The highest BCUT2D eigenvalue weighted by atomic mass is 19.1. The molecule has 0 saturated heterocycles. The van der Waals surface area contributed by atoms with Gasteiger partial charge in [0.05, 0.1) is 6.61 Å². The summed E-state index contributed by atoms with van der Waals surface area (Å²) in [7, 11) is 0. The van der Waals surface area contributed by atoms with Gasteiger partial charge in [0.2, 0.25) is 0 Å². The average Bonchev–Trinajstić information content (AvgIpc) is 2.34. The molecule has 4 nitrogen and oxygen atoms in total. The van der Waals surface area contributed by atoms with Crippen molar-refractivity contribution < 1.29 is 9.13 Å². The molecule has 1 atom stereocenters. The summed E-state index contributed by atoms with van der Waals surface area (Å²) in [5.74, 6) is 0.0225. The van der Waals surface area contributed by atoms with E-state index in [9.17, 15) is 4.39 Å². The number of nitrogen functional groups attached to an aromatic ring is 1. The minimum atomic E-state index is -0.790. The molecule has 1 aromatic rings. The number of anilines is 1. The lowest BCUT2D eigenvalue weighted by atomic mass is 9.92. The molecule has 100 valence electrons. The Balaban J connectivity index is 0.000000771. The van der Waals surface area contributed by atoms with E-state index < -0.39 is 5.54 Å². The van der Waals surface area contributed by atoms with E-state index in [2.05, 4.69) is 4.99 Å². The number of nitrogens with zero attached hydrogens (tertiary/aromatic N) is 1. The Hall–Kier alpha value is -1.62. The molecule has 1 aromatic carbocycles. The summed E-state index contributed by atoms with van der Waals surface area (Å²) in [6.07, 6.45) is 0. The third-order valence-corrected chi connectivity index (χ3v) is 2.59. The predicted octanol–water partition coefficient (Wildman–Crippen LogP) is 2.04. The van der Waals surface area contributed by atoms with Crippen molar-refractivity contribution in [1.29, 1.82) is 0 Å². The summed E-state index contributed by atoms with van der Waals surface area (Å²) in [6.45, 7) is 6.37. The first-order valence-electron chi connectivity index (χ1n) is 5.99. The van der Waals surface area contributed by atoms with Crippen molar-refractivity contribution in [1.82, 2.24) is 0 Å². The topological polar surface area (TPSA) is 73.6 Å². The van der Waals surface area contributed by atoms with Crippen LogP contribution in [-0.4, -0.2) is 19.0 Å². The normalized spacial score (nSPS) is 22.8. The summed E-state index contributed by atoms with van der Waals surface area (Å²) in [4.78, 5) is 4.26. The summed E-state index contributed by atoms with van der Waals surface area (Å²) in [5, 5.41) is 0. The quantitative estimate of drug-likeness (QED) is 0.752. The molecule has 1 aliphatic heterocycles. The van der Waals surface area contributed by atoms with Crippen LogP contribution >= 0.6 is 0 Å². The second kappa shape index (κ2) is 5.82. The number of hydrogen-bond acceptors (Lipinski definition) is 4. The highest BCUT2D eigenvalue weighted by Gasteiger charge is 2.32. The van der Waals surface area contributed by atoms with Gasteiger partial charge in [0.25, 0.3) is 0 Å². The summed E-state index contributed by atoms with van der Waals surface area (Å²) in [6, 6.07) is 4.41. The molecule has 0 radical (unpaired) electrons. The van der Waals surface area contributed by atoms with Gasteiger partial charge in [-0.1, -0.05) is 13.8 Å². The number of ether oxygens (including phenoxy) is 1. The molecule has 18 heavy (non-hydrogen) atoms. The van der Waals surface area contributed by atoms with E-state index in [1.54, 1.807) is 13.0 Å². The smallest absolute Gasteiger partial charge is 0.129 e. The average molecular weight is 253 g/mol. The maximum Gasteiger partial charge on any atom is 0.129 e. The van der Waals surface area contributed by atoms with Crippen LogP contribution < -0.4 is 11.5 Å². The lowest BCUT2D eigenvalue weighted by molar-refractivity contribution is 0.104. The van der Waals surface area contributed by atoms with Crippen molar-refractivity contribution in [3.05, 3.63) is 29.6 Å². The van der Waals surface area contributed by atoms with E-state index in [-0.39, 0.29) is 5.82 Å². The largest absolute Gasteiger partial charge is 0.399 e. The third kappa shape index (κ3) is 2.98. The molecule has 0 fully saturated rings. The number of halogens is 1. The molecular formula is C13H20FN3O. The molecule has 0 amide bonds. The fourth-order valence-electron chi connectivity index (χ4n) is 1.83. The lowest BCUT2D eigenvalue weighted by Gasteiger charge is -2.30. The van der Waals surface area contributed by atoms with Crippen LogP contribution in [-0.2, 0) is 10.3 Å². The molecule has 0 aliphatic carbocycles. The number of nitrogens with two attached hydrogens (primary N) is 2. The molecule has 1 heterocycles. The van der Waals surface area contributed by atoms with Crippen molar-refractivity contribution in [3.8, 4) is 0 Å². The van der Waals surface area contributed by atoms with Crippen LogP contribution in [0.3, 0.4) is 0 Å². The van der Waals surface area contributed by atoms with E-state index in [0.29, 0.717) is 30.3 Å². The van der Waals surface area contributed by atoms with Gasteiger partial charge in [-0.05, 0) is 25.1 Å². The maximum atomic E-state index is 13.7. The first-order chi connectivity index (χ1) is 8.51. The van der Waals surface area contributed by atoms with Gasteiger partial charge in [-0.25, -0.2) is 4.39 Å². The standard InChI is InChI=1S/C11H14FN3O.C2H6/c1-11(6-16-5-10(14)15-11)8-4-7(13)2-3-9(8)12;1-2/h2-4H,5-6,13H2,1H3,(H2,14,15);1-2H3. The number of amidine groups is 1. The molecular weight excluding hydrogens is 233 g/mol.